The number of fused-ring (bicyclic) bond motifs is 2. The van der Waals surface area contributed by atoms with Crippen LogP contribution in [0, 0.1) is 22.2 Å². The van der Waals surface area contributed by atoms with Gasteiger partial charge in [0.05, 0.1) is 0 Å². The lowest BCUT2D eigenvalue weighted by Gasteiger charge is -2.76. The first kappa shape index (κ1) is 19.1. The molecule has 8 nitrogen and oxygen atoms in total. The number of nitrogens with two attached hydrogens (primary N) is 4. The first-order valence-corrected chi connectivity index (χ1v) is 11.5. The molecule has 0 radical (unpaired) electrons. The van der Waals surface area contributed by atoms with E-state index in [1.165, 1.54) is 24.0 Å². The minimum atomic E-state index is -1.14. The molecule has 6 aliphatic carbocycles. The Hall–Kier alpha value is -1.42. The summed E-state index contributed by atoms with van der Waals surface area (Å²) in [7, 11) is 0. The van der Waals surface area contributed by atoms with E-state index < -0.39 is 16.7 Å². The van der Waals surface area contributed by atoms with Gasteiger partial charge in [0.25, 0.3) is 0 Å². The summed E-state index contributed by atoms with van der Waals surface area (Å²) >= 11 is 0. The van der Waals surface area contributed by atoms with E-state index in [4.69, 9.17) is 42.7 Å². The predicted molar refractivity (Wildman–Crippen MR) is 111 cm³/mol. The van der Waals surface area contributed by atoms with Gasteiger partial charge < -0.3 is 15.3 Å². The van der Waals surface area contributed by atoms with Crippen molar-refractivity contribution in [2.75, 3.05) is 0 Å². The maximum atomic E-state index is 6.86. The van der Waals surface area contributed by atoms with E-state index in [2.05, 4.69) is 13.0 Å². The third-order valence-corrected chi connectivity index (χ3v) is 11.4. The van der Waals surface area contributed by atoms with Crippen molar-refractivity contribution in [2.45, 2.75) is 81.6 Å². The summed E-state index contributed by atoms with van der Waals surface area (Å²) in [5.74, 6) is 19.7. The van der Waals surface area contributed by atoms with Crippen molar-refractivity contribution in [3.05, 3.63) is 23.3 Å². The second-order valence-electron chi connectivity index (χ2n) is 11.6. The minimum Gasteiger partial charge on any atom is -0.482 e. The van der Waals surface area contributed by atoms with E-state index in [1.807, 2.05) is 13.0 Å². The van der Waals surface area contributed by atoms with Crippen LogP contribution in [0.3, 0.4) is 0 Å². The lowest BCUT2D eigenvalue weighted by molar-refractivity contribution is -0.352. The van der Waals surface area contributed by atoms with Crippen LogP contribution in [-0.4, -0.2) is 17.4 Å². The van der Waals surface area contributed by atoms with Crippen molar-refractivity contribution in [2.24, 2.45) is 45.6 Å². The molecule has 0 saturated heterocycles. The third-order valence-electron chi connectivity index (χ3n) is 11.4. The van der Waals surface area contributed by atoms with Gasteiger partial charge in [-0.05, 0) is 80.2 Å². The molecule has 7 aliphatic rings. The van der Waals surface area contributed by atoms with Gasteiger partial charge in [-0.1, -0.05) is 13.0 Å². The zero-order valence-electron chi connectivity index (χ0n) is 18.2. The summed E-state index contributed by atoms with van der Waals surface area (Å²) in [5, 5.41) is 0. The van der Waals surface area contributed by atoms with Gasteiger partial charge in [-0.3, -0.25) is 9.68 Å². The van der Waals surface area contributed by atoms with Crippen LogP contribution in [0.15, 0.2) is 12.1 Å². The number of hydrogen-bond acceptors (Lipinski definition) is 8. The second kappa shape index (κ2) is 5.05. The van der Waals surface area contributed by atoms with Crippen molar-refractivity contribution < 1.29 is 19.2 Å². The average Bonchev–Trinajstić information content (AvgIpc) is 3.35. The molecule has 8 atom stereocenters. The molecule has 0 aromatic heterocycles. The Labute approximate surface area is 181 Å². The van der Waals surface area contributed by atoms with Gasteiger partial charge >= 0.3 is 0 Å². The van der Waals surface area contributed by atoms with Gasteiger partial charge in [0, 0.05) is 16.4 Å². The molecular weight excluding hydrogens is 396 g/mol. The first-order chi connectivity index (χ1) is 14.7. The van der Waals surface area contributed by atoms with Crippen LogP contribution >= 0.6 is 0 Å². The lowest BCUT2D eigenvalue weighted by Crippen LogP contribution is -2.85. The first-order valence-electron chi connectivity index (χ1n) is 11.5. The summed E-state index contributed by atoms with van der Waals surface area (Å²) in [6.45, 7) is 3.98. The Morgan fingerprint density at radius 3 is 2.68 bits per heavy atom. The van der Waals surface area contributed by atoms with Crippen LogP contribution in [-0.2, 0) is 21.5 Å². The lowest BCUT2D eigenvalue weighted by atomic mass is 9.29. The average molecular weight is 429 g/mol. The highest BCUT2D eigenvalue weighted by atomic mass is 16.7. The molecule has 0 amide bonds. The van der Waals surface area contributed by atoms with E-state index in [9.17, 15) is 0 Å². The molecule has 5 fully saturated rings. The molecule has 31 heavy (non-hydrogen) atoms. The predicted octanol–water partition coefficient (Wildman–Crippen LogP) is 1.68. The minimum absolute atomic E-state index is 0.0350. The highest BCUT2D eigenvalue weighted by molar-refractivity contribution is 5.65. The van der Waals surface area contributed by atoms with Gasteiger partial charge in [-0.15, -0.1) is 0 Å². The number of hydrogen-bond donors (Lipinski definition) is 4. The number of benzene rings is 1. The summed E-state index contributed by atoms with van der Waals surface area (Å²) in [5.41, 5.74) is 6.92. The van der Waals surface area contributed by atoms with Crippen molar-refractivity contribution in [1.82, 2.24) is 0 Å². The molecule has 8 rings (SSSR count). The van der Waals surface area contributed by atoms with Crippen LogP contribution in [0.1, 0.15) is 63.5 Å². The Balaban J connectivity index is 1.58. The Bertz CT molecular complexity index is 1030. The Kier molecular flexibility index (Phi) is 3.11. The van der Waals surface area contributed by atoms with Crippen molar-refractivity contribution in [3.8, 4) is 11.5 Å². The molecule has 5 saturated carbocycles. The van der Waals surface area contributed by atoms with Crippen molar-refractivity contribution in [1.29, 1.82) is 0 Å². The maximum Gasteiger partial charge on any atom is 0.188 e. The molecule has 3 unspecified atom stereocenters. The van der Waals surface area contributed by atoms with Gasteiger partial charge in [0.2, 0.25) is 0 Å². The topological polar surface area (TPSA) is 141 Å². The molecule has 1 heterocycles. The molecule has 3 spiro atoms. The summed E-state index contributed by atoms with van der Waals surface area (Å²) < 4.78 is 6.86. The van der Waals surface area contributed by atoms with E-state index >= 15 is 0 Å². The van der Waals surface area contributed by atoms with E-state index in [-0.39, 0.29) is 22.3 Å². The smallest absolute Gasteiger partial charge is 0.188 e. The van der Waals surface area contributed by atoms with Crippen LogP contribution in [0.2, 0.25) is 0 Å². The third kappa shape index (κ3) is 1.54. The fourth-order valence-corrected chi connectivity index (χ4v) is 9.91. The summed E-state index contributed by atoms with van der Waals surface area (Å²) in [6, 6.07) is 4.13. The van der Waals surface area contributed by atoms with Crippen LogP contribution in [0.5, 0.6) is 11.5 Å². The number of ether oxygens (including phenoxy) is 1. The molecule has 1 aromatic rings. The van der Waals surface area contributed by atoms with Gasteiger partial charge in [-0.2, -0.15) is 5.90 Å². The zero-order valence-corrected chi connectivity index (χ0v) is 18.2. The van der Waals surface area contributed by atoms with Crippen LogP contribution in [0.4, 0.5) is 0 Å². The van der Waals surface area contributed by atoms with Gasteiger partial charge in [0.1, 0.15) is 17.4 Å². The highest BCUT2D eigenvalue weighted by Crippen LogP contribution is 2.89. The highest BCUT2D eigenvalue weighted by Gasteiger charge is 2.90. The molecular formula is C23H32N4O4. The Morgan fingerprint density at radius 2 is 1.97 bits per heavy atom. The largest absolute Gasteiger partial charge is 0.482 e. The van der Waals surface area contributed by atoms with Crippen molar-refractivity contribution >= 4 is 0 Å². The second-order valence-corrected chi connectivity index (χ2v) is 11.6. The van der Waals surface area contributed by atoms with Crippen LogP contribution < -0.4 is 33.0 Å². The van der Waals surface area contributed by atoms with E-state index in [0.29, 0.717) is 5.75 Å². The quantitative estimate of drug-likeness (QED) is 0.419. The molecule has 1 aromatic carbocycles. The van der Waals surface area contributed by atoms with Crippen molar-refractivity contribution in [3.63, 3.8) is 0 Å². The molecule has 4 bridgehead atoms. The fraction of sp³-hybridized carbons (Fsp3) is 0.739. The maximum absolute atomic E-state index is 6.86. The normalized spacial score (nSPS) is 51.4. The van der Waals surface area contributed by atoms with E-state index in [1.54, 1.807) is 0 Å². The molecule has 8 N–H and O–H groups in total. The van der Waals surface area contributed by atoms with Gasteiger partial charge in [0.15, 0.2) is 11.5 Å². The summed E-state index contributed by atoms with van der Waals surface area (Å²) in [6.07, 6.45) is 6.97. The van der Waals surface area contributed by atoms with Crippen LogP contribution in [0.25, 0.3) is 0 Å². The Morgan fingerprint density at radius 1 is 1.16 bits per heavy atom. The monoisotopic (exact) mass is 428 g/mol. The molecule has 1 aliphatic heterocycles. The van der Waals surface area contributed by atoms with Gasteiger partial charge in [-0.25, -0.2) is 11.8 Å². The zero-order chi connectivity index (χ0) is 21.7. The van der Waals surface area contributed by atoms with E-state index in [0.717, 1.165) is 43.8 Å². The molecule has 168 valence electrons. The molecule has 8 heteroatoms. The fourth-order valence-electron chi connectivity index (χ4n) is 9.91. The summed E-state index contributed by atoms with van der Waals surface area (Å²) in [4.78, 5) is 16.7. The number of rotatable bonds is 4. The standard InChI is InChI=1S/C23H32N4O4/c1-18(19(2,24)30-26)11-21-7-8-23(18,31-27)17-22(21)6-5-13-10-20(13,21)9-12-3-4-14(29-25)16(28-17)15(12)22/h3-4,13,17H,5-11,24-27H2,1-2H3/t13?,17-,18-,19+,20?,21-,22?,23+/m1/s1. The SMILES string of the molecule is C[C@]1([C@@](C)(N)ON)C[C@@]23CC[C@]1(ON)[C@@H]1Oc4c(ON)ccc5c4C12CCC1CC13C5.